The number of fused-ring (bicyclic) bond motifs is 1. The molecule has 2 saturated heterocycles. The summed E-state index contributed by atoms with van der Waals surface area (Å²) in [6, 6.07) is 21.0. The van der Waals surface area contributed by atoms with Gasteiger partial charge >= 0.3 is 5.97 Å². The van der Waals surface area contributed by atoms with Crippen molar-refractivity contribution in [3.8, 4) is 5.75 Å². The fourth-order valence-corrected chi connectivity index (χ4v) is 8.05. The number of carbonyl (C=O) groups excluding carboxylic acids is 1. The van der Waals surface area contributed by atoms with E-state index in [1.54, 1.807) is 19.2 Å². The lowest BCUT2D eigenvalue weighted by atomic mass is 9.72. The van der Waals surface area contributed by atoms with Crippen LogP contribution < -0.4 is 4.74 Å². The molecule has 0 radical (unpaired) electrons. The summed E-state index contributed by atoms with van der Waals surface area (Å²) in [6.45, 7) is 5.28. The summed E-state index contributed by atoms with van der Waals surface area (Å²) >= 11 is 0. The van der Waals surface area contributed by atoms with Gasteiger partial charge < -0.3 is 18.8 Å². The summed E-state index contributed by atoms with van der Waals surface area (Å²) < 4.78 is 27.5. The molecule has 46 heavy (non-hydrogen) atoms. The fourth-order valence-electron chi connectivity index (χ4n) is 8.05. The van der Waals surface area contributed by atoms with Crippen molar-refractivity contribution < 1.29 is 18.7 Å². The number of methoxy groups -OCH3 is 1. The van der Waals surface area contributed by atoms with Crippen molar-refractivity contribution in [2.75, 3.05) is 39.8 Å². The molecule has 3 fully saturated rings. The Labute approximate surface area is 271 Å². The van der Waals surface area contributed by atoms with Crippen LogP contribution in [0.2, 0.25) is 0 Å². The Morgan fingerprint density at radius 3 is 2.57 bits per heavy atom. The highest BCUT2D eigenvalue weighted by molar-refractivity contribution is 5.69. The third-order valence-electron chi connectivity index (χ3n) is 10.9. The van der Waals surface area contributed by atoms with E-state index >= 15 is 0 Å². The summed E-state index contributed by atoms with van der Waals surface area (Å²) in [5.41, 5.74) is 4.29. The van der Waals surface area contributed by atoms with Gasteiger partial charge in [0.1, 0.15) is 23.8 Å². The topological polar surface area (TPSA) is 59.3 Å². The predicted molar refractivity (Wildman–Crippen MR) is 176 cm³/mol. The maximum absolute atomic E-state index is 14.4. The van der Waals surface area contributed by atoms with Crippen LogP contribution in [0.4, 0.5) is 4.39 Å². The van der Waals surface area contributed by atoms with Gasteiger partial charge in [-0.05, 0) is 105 Å². The molecule has 2 aliphatic heterocycles. The summed E-state index contributed by atoms with van der Waals surface area (Å²) in [5, 5.41) is 0. The smallest absolute Gasteiger partial charge is 0.306 e. The Kier molecular flexibility index (Phi) is 9.09. The second-order valence-corrected chi connectivity index (χ2v) is 13.6. The van der Waals surface area contributed by atoms with Crippen LogP contribution in [0.15, 0.2) is 79.1 Å². The van der Waals surface area contributed by atoms with E-state index in [9.17, 15) is 9.18 Å². The van der Waals surface area contributed by atoms with Gasteiger partial charge in [0.2, 0.25) is 0 Å². The van der Waals surface area contributed by atoms with E-state index in [2.05, 4.69) is 38.7 Å². The number of halogens is 1. The maximum atomic E-state index is 14.4. The molecule has 7 rings (SSSR count). The Morgan fingerprint density at radius 2 is 1.85 bits per heavy atom. The maximum Gasteiger partial charge on any atom is 0.306 e. The number of esters is 1. The minimum atomic E-state index is -0.166. The molecule has 8 heteroatoms. The highest BCUT2D eigenvalue weighted by Gasteiger charge is 2.48. The lowest BCUT2D eigenvalue weighted by molar-refractivity contribution is -0.146. The second-order valence-electron chi connectivity index (χ2n) is 13.6. The average molecular weight is 625 g/mol. The van der Waals surface area contributed by atoms with Gasteiger partial charge in [0.05, 0.1) is 12.8 Å². The summed E-state index contributed by atoms with van der Waals surface area (Å²) in [6.07, 6.45) is 11.1. The molecule has 4 aromatic rings. The highest BCUT2D eigenvalue weighted by atomic mass is 19.1. The van der Waals surface area contributed by atoms with Crippen molar-refractivity contribution in [2.45, 2.75) is 68.9 Å². The minimum Gasteiger partial charge on any atom is -0.497 e. The molecular weight excluding hydrogens is 579 g/mol. The van der Waals surface area contributed by atoms with Crippen LogP contribution in [0.3, 0.4) is 0 Å². The van der Waals surface area contributed by atoms with Crippen molar-refractivity contribution in [1.82, 2.24) is 19.2 Å². The van der Waals surface area contributed by atoms with Crippen molar-refractivity contribution >= 4 is 11.6 Å². The van der Waals surface area contributed by atoms with Gasteiger partial charge in [-0.1, -0.05) is 30.3 Å². The number of piperidine rings is 1. The number of hydrogen-bond donors (Lipinski definition) is 0. The van der Waals surface area contributed by atoms with E-state index in [4.69, 9.17) is 14.5 Å². The van der Waals surface area contributed by atoms with E-state index < -0.39 is 0 Å². The Morgan fingerprint density at radius 1 is 1.02 bits per heavy atom. The Hall–Kier alpha value is -3.75. The first-order chi connectivity index (χ1) is 22.5. The lowest BCUT2D eigenvalue weighted by Gasteiger charge is -2.49. The number of carbonyl (C=O) groups is 1. The molecule has 4 heterocycles. The van der Waals surface area contributed by atoms with Crippen LogP contribution in [0.5, 0.6) is 5.75 Å². The van der Waals surface area contributed by atoms with E-state index in [1.807, 2.05) is 42.5 Å². The molecule has 0 bridgehead atoms. The summed E-state index contributed by atoms with van der Waals surface area (Å²) in [5.74, 6) is 1.64. The molecule has 0 unspecified atom stereocenters. The van der Waals surface area contributed by atoms with Crippen LogP contribution >= 0.6 is 0 Å². The first kappa shape index (κ1) is 30.9. The monoisotopic (exact) mass is 624 g/mol. The number of imidazole rings is 1. The third-order valence-corrected chi connectivity index (χ3v) is 10.9. The van der Waals surface area contributed by atoms with Crippen molar-refractivity contribution in [3.63, 3.8) is 0 Å². The summed E-state index contributed by atoms with van der Waals surface area (Å²) in [7, 11) is 1.64. The van der Waals surface area contributed by atoms with Crippen LogP contribution in [0.25, 0.3) is 5.65 Å². The van der Waals surface area contributed by atoms with Gasteiger partial charge in [0, 0.05) is 55.8 Å². The first-order valence-electron chi connectivity index (χ1n) is 16.9. The molecule has 3 aliphatic rings. The molecule has 0 amide bonds. The van der Waals surface area contributed by atoms with Gasteiger partial charge in [0.15, 0.2) is 0 Å². The molecule has 1 saturated carbocycles. The average Bonchev–Trinajstić information content (AvgIpc) is 3.69. The van der Waals surface area contributed by atoms with Crippen molar-refractivity contribution in [3.05, 3.63) is 102 Å². The number of rotatable bonds is 11. The van der Waals surface area contributed by atoms with E-state index in [0.29, 0.717) is 18.3 Å². The highest BCUT2D eigenvalue weighted by Crippen LogP contribution is 2.47. The normalized spacial score (nSPS) is 22.1. The number of benzene rings is 2. The number of nitrogens with zero attached hydrogens (tertiary/aromatic N) is 4. The number of likely N-dealkylation sites (tertiary alicyclic amines) is 2. The number of aromatic nitrogens is 2. The predicted octanol–water partition coefficient (Wildman–Crippen LogP) is 6.82. The molecule has 2 aromatic heterocycles. The number of pyridine rings is 1. The standard InChI is InChI=1S/C38H45FN4O3/c1-45-33-11-9-28(10-12-33)27-46-37(44)13-18-38(16-5-17-38)43-24-31(34(25-43)30-6-4-7-32(39)22-30)23-41-20-14-29(15-21-41)35-26-42-19-3-2-8-36(42)40-35/h2-4,6-12,19,22,26,29,31,34H,5,13-18,20-21,23-25,27H2,1H3/t31-,34+/m0/s1. The second kappa shape index (κ2) is 13.5. The van der Waals surface area contributed by atoms with Crippen LogP contribution in [-0.4, -0.2) is 70.5 Å². The summed E-state index contributed by atoms with van der Waals surface area (Å²) in [4.78, 5) is 23.0. The van der Waals surface area contributed by atoms with Gasteiger partial charge in [-0.3, -0.25) is 9.69 Å². The van der Waals surface area contributed by atoms with E-state index in [0.717, 1.165) is 87.4 Å². The minimum absolute atomic E-state index is 0.0234. The molecular formula is C38H45FN4O3. The largest absolute Gasteiger partial charge is 0.497 e. The fraction of sp³-hybridized carbons (Fsp3) is 0.474. The third kappa shape index (κ3) is 6.69. The van der Waals surface area contributed by atoms with Gasteiger partial charge in [-0.2, -0.15) is 0 Å². The lowest BCUT2D eigenvalue weighted by Crippen LogP contribution is -2.53. The van der Waals surface area contributed by atoms with Gasteiger partial charge in [-0.15, -0.1) is 0 Å². The SMILES string of the molecule is COc1ccc(COC(=O)CCC2(N3C[C@H](CN4CCC(c5cn6ccccc6n5)CC4)[C@@H](c4cccc(F)c4)C3)CCC2)cc1. The van der Waals surface area contributed by atoms with Crippen molar-refractivity contribution in [1.29, 1.82) is 0 Å². The Bertz CT molecular complexity index is 1590. The number of hydrogen-bond acceptors (Lipinski definition) is 6. The Balaban J connectivity index is 0.982. The zero-order valence-electron chi connectivity index (χ0n) is 26.8. The van der Waals surface area contributed by atoms with E-state index in [-0.39, 0.29) is 29.9 Å². The molecule has 2 aromatic carbocycles. The number of ether oxygens (including phenoxy) is 2. The van der Waals surface area contributed by atoms with E-state index in [1.165, 1.54) is 12.1 Å². The molecule has 7 nitrogen and oxygen atoms in total. The van der Waals surface area contributed by atoms with Crippen LogP contribution in [-0.2, 0) is 16.1 Å². The molecule has 242 valence electrons. The van der Waals surface area contributed by atoms with Crippen LogP contribution in [0.1, 0.15) is 73.6 Å². The van der Waals surface area contributed by atoms with Gasteiger partial charge in [-0.25, -0.2) is 9.37 Å². The van der Waals surface area contributed by atoms with Gasteiger partial charge in [0.25, 0.3) is 0 Å². The molecule has 1 aliphatic carbocycles. The molecule has 2 atom stereocenters. The zero-order chi connectivity index (χ0) is 31.5. The van der Waals surface area contributed by atoms with Crippen LogP contribution in [0, 0.1) is 11.7 Å². The first-order valence-corrected chi connectivity index (χ1v) is 16.9. The molecule has 0 N–H and O–H groups in total. The molecule has 0 spiro atoms. The zero-order valence-corrected chi connectivity index (χ0v) is 26.8. The van der Waals surface area contributed by atoms with Crippen molar-refractivity contribution in [2.24, 2.45) is 5.92 Å². The quantitative estimate of drug-likeness (QED) is 0.171.